The highest BCUT2D eigenvalue weighted by atomic mass is 32.2. The van der Waals surface area contributed by atoms with Crippen molar-refractivity contribution in [3.63, 3.8) is 0 Å². The zero-order valence-corrected chi connectivity index (χ0v) is 15.0. The number of hydrazone groups is 1. The van der Waals surface area contributed by atoms with Crippen molar-refractivity contribution in [2.45, 2.75) is 30.6 Å². The highest BCUT2D eigenvalue weighted by Gasteiger charge is 2.27. The van der Waals surface area contributed by atoms with E-state index in [1.54, 1.807) is 36.4 Å². The van der Waals surface area contributed by atoms with Crippen molar-refractivity contribution in [2.24, 2.45) is 5.10 Å². The Morgan fingerprint density at radius 1 is 1.08 bits per heavy atom. The van der Waals surface area contributed by atoms with E-state index >= 15 is 0 Å². The van der Waals surface area contributed by atoms with Crippen LogP contribution in [0.1, 0.15) is 25.7 Å². The molecule has 1 aromatic carbocycles. The lowest BCUT2D eigenvalue weighted by atomic mass is 10.3. The van der Waals surface area contributed by atoms with Crippen LogP contribution in [0, 0.1) is 0 Å². The Bertz CT molecular complexity index is 875. The maximum absolute atomic E-state index is 13.0. The maximum Gasteiger partial charge on any atom is 0.265 e. The monoisotopic (exact) mass is 372 g/mol. The number of nitrogens with one attached hydrogen (secondary N) is 1. The van der Waals surface area contributed by atoms with E-state index < -0.39 is 22.5 Å². The zero-order chi connectivity index (χ0) is 18.4. The van der Waals surface area contributed by atoms with Crippen LogP contribution in [0.3, 0.4) is 0 Å². The van der Waals surface area contributed by atoms with Crippen LogP contribution in [0.15, 0.2) is 64.7 Å². The summed E-state index contributed by atoms with van der Waals surface area (Å²) in [6, 6.07) is 12.9. The van der Waals surface area contributed by atoms with Crippen LogP contribution in [-0.2, 0) is 14.8 Å². The number of pyridine rings is 1. The van der Waals surface area contributed by atoms with Crippen molar-refractivity contribution in [3.05, 3.63) is 54.7 Å². The average Bonchev–Trinajstić information content (AvgIpc) is 3.19. The summed E-state index contributed by atoms with van der Waals surface area (Å²) in [5.41, 5.74) is 3.40. The average molecular weight is 372 g/mol. The number of amides is 1. The molecule has 1 N–H and O–H groups in total. The molecule has 0 saturated heterocycles. The first kappa shape index (κ1) is 18.1. The van der Waals surface area contributed by atoms with Gasteiger partial charge in [0, 0.05) is 11.9 Å². The molecule has 136 valence electrons. The van der Waals surface area contributed by atoms with E-state index in [0.29, 0.717) is 0 Å². The van der Waals surface area contributed by atoms with Crippen molar-refractivity contribution < 1.29 is 13.2 Å². The summed E-state index contributed by atoms with van der Waals surface area (Å²) in [5, 5.41) is 4.10. The van der Waals surface area contributed by atoms with E-state index in [9.17, 15) is 13.2 Å². The van der Waals surface area contributed by atoms with Gasteiger partial charge >= 0.3 is 0 Å². The van der Waals surface area contributed by atoms with E-state index in [0.717, 1.165) is 35.7 Å². The summed E-state index contributed by atoms with van der Waals surface area (Å²) in [7, 11) is -3.92. The van der Waals surface area contributed by atoms with Gasteiger partial charge in [-0.05, 0) is 49.9 Å². The van der Waals surface area contributed by atoms with E-state index in [2.05, 4.69) is 15.5 Å². The lowest BCUT2D eigenvalue weighted by Crippen LogP contribution is -2.40. The minimum atomic E-state index is -3.92. The standard InChI is InChI=1S/C18H20N4O3S/c23-18(21-20-15-8-4-5-9-15)14-22(17-12-6-7-13-19-17)26(24,25)16-10-2-1-3-11-16/h1-3,6-7,10-13H,4-5,8-9,14H2,(H,21,23). The molecule has 1 aliphatic carbocycles. The Kier molecular flexibility index (Phi) is 5.62. The fraction of sp³-hybridized carbons (Fsp3) is 0.278. The number of anilines is 1. The number of rotatable bonds is 6. The normalized spacial score (nSPS) is 14.1. The fourth-order valence-corrected chi connectivity index (χ4v) is 4.11. The Balaban J connectivity index is 1.84. The van der Waals surface area contributed by atoms with E-state index in [4.69, 9.17) is 0 Å². The maximum atomic E-state index is 13.0. The summed E-state index contributed by atoms with van der Waals surface area (Å²) in [4.78, 5) is 16.5. The van der Waals surface area contributed by atoms with Crippen LogP contribution in [-0.4, -0.2) is 31.6 Å². The molecule has 8 heteroatoms. The molecular formula is C18H20N4O3S. The molecule has 2 aromatic rings. The van der Waals surface area contributed by atoms with Crippen LogP contribution < -0.4 is 9.73 Å². The number of nitrogens with zero attached hydrogens (tertiary/aromatic N) is 3. The summed E-state index contributed by atoms with van der Waals surface area (Å²) < 4.78 is 27.0. The van der Waals surface area contributed by atoms with Gasteiger partial charge in [-0.1, -0.05) is 24.3 Å². The van der Waals surface area contributed by atoms with E-state index in [1.807, 2.05) is 0 Å². The lowest BCUT2D eigenvalue weighted by molar-refractivity contribution is -0.119. The Morgan fingerprint density at radius 3 is 2.42 bits per heavy atom. The predicted molar refractivity (Wildman–Crippen MR) is 99.3 cm³/mol. The van der Waals surface area contributed by atoms with Gasteiger partial charge in [0.2, 0.25) is 0 Å². The topological polar surface area (TPSA) is 91.7 Å². The molecule has 0 atom stereocenters. The molecule has 0 bridgehead atoms. The van der Waals surface area contributed by atoms with Crippen LogP contribution in [0.2, 0.25) is 0 Å². The van der Waals surface area contributed by atoms with Crippen molar-refractivity contribution in [3.8, 4) is 0 Å². The Morgan fingerprint density at radius 2 is 1.77 bits per heavy atom. The molecule has 1 aliphatic rings. The van der Waals surface area contributed by atoms with Gasteiger partial charge in [-0.3, -0.25) is 4.79 Å². The third-order valence-electron chi connectivity index (χ3n) is 4.04. The highest BCUT2D eigenvalue weighted by molar-refractivity contribution is 7.92. The molecule has 1 amide bonds. The first-order valence-electron chi connectivity index (χ1n) is 8.40. The van der Waals surface area contributed by atoms with Crippen molar-refractivity contribution >= 4 is 27.5 Å². The summed E-state index contributed by atoms with van der Waals surface area (Å²) in [6.07, 6.45) is 5.35. The van der Waals surface area contributed by atoms with E-state index in [1.165, 1.54) is 18.3 Å². The molecule has 0 spiro atoms. The summed E-state index contributed by atoms with van der Waals surface area (Å²) in [5.74, 6) is -0.324. The molecular weight excluding hydrogens is 352 g/mol. The molecule has 0 aliphatic heterocycles. The minimum absolute atomic E-state index is 0.0977. The smallest absolute Gasteiger partial charge is 0.265 e. The lowest BCUT2D eigenvalue weighted by Gasteiger charge is -2.22. The third-order valence-corrected chi connectivity index (χ3v) is 5.81. The molecule has 7 nitrogen and oxygen atoms in total. The number of benzene rings is 1. The van der Waals surface area contributed by atoms with Gasteiger partial charge < -0.3 is 0 Å². The van der Waals surface area contributed by atoms with Gasteiger partial charge in [0.25, 0.3) is 15.9 Å². The second-order valence-corrected chi connectivity index (χ2v) is 7.80. The molecule has 0 unspecified atom stereocenters. The van der Waals surface area contributed by atoms with Gasteiger partial charge in [-0.25, -0.2) is 23.1 Å². The number of carbonyl (C=O) groups excluding carboxylic acids is 1. The molecule has 1 saturated carbocycles. The number of carbonyl (C=O) groups is 1. The molecule has 1 heterocycles. The van der Waals surface area contributed by atoms with Crippen LogP contribution in [0.5, 0.6) is 0 Å². The molecule has 1 aromatic heterocycles. The van der Waals surface area contributed by atoms with Crippen LogP contribution in [0.4, 0.5) is 5.82 Å². The number of hydrogen-bond acceptors (Lipinski definition) is 5. The molecule has 0 radical (unpaired) electrons. The van der Waals surface area contributed by atoms with Gasteiger partial charge in [0.1, 0.15) is 12.4 Å². The van der Waals surface area contributed by atoms with Crippen molar-refractivity contribution in [1.29, 1.82) is 0 Å². The first-order chi connectivity index (χ1) is 12.6. The second kappa shape index (κ2) is 8.09. The first-order valence-corrected chi connectivity index (χ1v) is 9.84. The van der Waals surface area contributed by atoms with E-state index in [-0.39, 0.29) is 10.7 Å². The van der Waals surface area contributed by atoms with Crippen LogP contribution in [0.25, 0.3) is 0 Å². The highest BCUT2D eigenvalue weighted by Crippen LogP contribution is 2.21. The Labute approximate surface area is 152 Å². The fourth-order valence-electron chi connectivity index (χ4n) is 2.71. The third kappa shape index (κ3) is 4.26. The SMILES string of the molecule is O=C(CN(c1ccccn1)S(=O)(=O)c1ccccc1)NN=C1CCCC1. The summed E-state index contributed by atoms with van der Waals surface area (Å²) >= 11 is 0. The molecule has 1 fully saturated rings. The summed E-state index contributed by atoms with van der Waals surface area (Å²) in [6.45, 7) is -0.398. The molecule has 26 heavy (non-hydrogen) atoms. The van der Waals surface area contributed by atoms with Gasteiger partial charge in [0.05, 0.1) is 4.90 Å². The number of aromatic nitrogens is 1. The van der Waals surface area contributed by atoms with Crippen LogP contribution >= 0.6 is 0 Å². The quantitative estimate of drug-likeness (QED) is 0.788. The van der Waals surface area contributed by atoms with Crippen molar-refractivity contribution in [2.75, 3.05) is 10.8 Å². The minimum Gasteiger partial charge on any atom is -0.271 e. The second-order valence-electron chi connectivity index (χ2n) is 5.93. The zero-order valence-electron chi connectivity index (χ0n) is 14.2. The predicted octanol–water partition coefficient (Wildman–Crippen LogP) is 2.32. The van der Waals surface area contributed by atoms with Crippen molar-refractivity contribution in [1.82, 2.24) is 10.4 Å². The number of sulfonamides is 1. The largest absolute Gasteiger partial charge is 0.271 e. The Hall–Kier alpha value is -2.74. The van der Waals surface area contributed by atoms with Gasteiger partial charge in [-0.2, -0.15) is 5.10 Å². The molecule has 3 rings (SSSR count). The van der Waals surface area contributed by atoms with Gasteiger partial charge in [0.15, 0.2) is 0 Å². The number of hydrogen-bond donors (Lipinski definition) is 1. The van der Waals surface area contributed by atoms with Gasteiger partial charge in [-0.15, -0.1) is 0 Å².